The van der Waals surface area contributed by atoms with E-state index in [1.807, 2.05) is 51.2 Å². The van der Waals surface area contributed by atoms with E-state index < -0.39 is 5.60 Å². The van der Waals surface area contributed by atoms with Gasteiger partial charge in [-0.2, -0.15) is 0 Å². The third-order valence-electron chi connectivity index (χ3n) is 5.08. The second-order valence-electron chi connectivity index (χ2n) is 8.64. The van der Waals surface area contributed by atoms with E-state index in [1.54, 1.807) is 6.20 Å². The van der Waals surface area contributed by atoms with Crippen LogP contribution in [0.15, 0.2) is 36.7 Å². The van der Waals surface area contributed by atoms with Crippen molar-refractivity contribution in [3.8, 4) is 11.3 Å². The second-order valence-corrected chi connectivity index (χ2v) is 9.04. The molecular weight excluding hydrogens is 402 g/mol. The zero-order valence-corrected chi connectivity index (χ0v) is 18.1. The Morgan fingerprint density at radius 2 is 2.00 bits per heavy atom. The van der Waals surface area contributed by atoms with Gasteiger partial charge >= 0.3 is 6.09 Å². The number of nitrogens with zero attached hydrogens (tertiary/aromatic N) is 2. The minimum Gasteiger partial charge on any atom is -0.444 e. The molecule has 8 heteroatoms. The topological polar surface area (TPSA) is 91.9 Å². The fourth-order valence-electron chi connectivity index (χ4n) is 3.79. The molecule has 1 aromatic carbocycles. The van der Waals surface area contributed by atoms with Gasteiger partial charge in [-0.1, -0.05) is 29.8 Å². The first-order valence-electron chi connectivity index (χ1n) is 10.1. The highest BCUT2D eigenvalue weighted by Gasteiger charge is 2.28. The molecule has 0 saturated heterocycles. The zero-order valence-electron chi connectivity index (χ0n) is 17.3. The first-order valence-corrected chi connectivity index (χ1v) is 10.5. The number of nitrogens with one attached hydrogen (secondary N) is 3. The normalized spacial score (nSPS) is 19.1. The maximum Gasteiger partial charge on any atom is 0.407 e. The SMILES string of the molecule is CC(C)(C)OC(=O)N[C@H]1CC[C@@H](Nc2ncc(Cl)c(-c3c[nH]c4ccccc34)n2)C1. The summed E-state index contributed by atoms with van der Waals surface area (Å²) in [4.78, 5) is 24.3. The van der Waals surface area contributed by atoms with Gasteiger partial charge in [0.1, 0.15) is 5.60 Å². The van der Waals surface area contributed by atoms with Gasteiger partial charge in [-0.15, -0.1) is 0 Å². The van der Waals surface area contributed by atoms with Crippen LogP contribution in [-0.2, 0) is 4.74 Å². The van der Waals surface area contributed by atoms with Crippen LogP contribution >= 0.6 is 11.6 Å². The van der Waals surface area contributed by atoms with Gasteiger partial charge in [-0.25, -0.2) is 14.8 Å². The summed E-state index contributed by atoms with van der Waals surface area (Å²) in [6.45, 7) is 5.57. The highest BCUT2D eigenvalue weighted by atomic mass is 35.5. The number of benzene rings is 1. The molecule has 1 aliphatic carbocycles. The summed E-state index contributed by atoms with van der Waals surface area (Å²) in [7, 11) is 0. The standard InChI is InChI=1S/C22H26ClN5O2/c1-22(2,3)30-21(29)27-14-9-8-13(10-14)26-20-25-12-17(23)19(28-20)16-11-24-18-7-5-4-6-15(16)18/h4-7,11-14,24H,8-10H2,1-3H3,(H,27,29)(H,25,26,28)/t13-,14+/m1/s1. The Hall–Kier alpha value is -2.80. The van der Waals surface area contributed by atoms with Gasteiger partial charge in [-0.3, -0.25) is 0 Å². The van der Waals surface area contributed by atoms with Crippen LogP contribution in [0.2, 0.25) is 5.02 Å². The number of rotatable bonds is 4. The van der Waals surface area contributed by atoms with Gasteiger partial charge in [0.15, 0.2) is 0 Å². The van der Waals surface area contributed by atoms with Crippen molar-refractivity contribution in [1.29, 1.82) is 0 Å². The zero-order chi connectivity index (χ0) is 21.3. The highest BCUT2D eigenvalue weighted by molar-refractivity contribution is 6.33. The second kappa shape index (κ2) is 8.14. The first-order chi connectivity index (χ1) is 14.3. The number of halogens is 1. The van der Waals surface area contributed by atoms with Crippen molar-refractivity contribution in [3.05, 3.63) is 41.7 Å². The molecule has 0 aliphatic heterocycles. The average Bonchev–Trinajstić information content (AvgIpc) is 3.28. The number of ether oxygens (including phenoxy) is 1. The maximum absolute atomic E-state index is 12.0. The van der Waals surface area contributed by atoms with Crippen molar-refractivity contribution in [2.24, 2.45) is 0 Å². The van der Waals surface area contributed by atoms with Gasteiger partial charge in [-0.05, 0) is 46.1 Å². The summed E-state index contributed by atoms with van der Waals surface area (Å²) in [6, 6.07) is 8.27. The third-order valence-corrected chi connectivity index (χ3v) is 5.35. The minimum atomic E-state index is -0.504. The minimum absolute atomic E-state index is 0.0673. The molecule has 158 valence electrons. The molecule has 1 aliphatic rings. The van der Waals surface area contributed by atoms with Crippen LogP contribution in [0.25, 0.3) is 22.2 Å². The van der Waals surface area contributed by atoms with Crippen LogP contribution in [0, 0.1) is 0 Å². The number of hydrogen-bond acceptors (Lipinski definition) is 5. The molecule has 3 N–H and O–H groups in total. The Labute approximate surface area is 180 Å². The van der Waals surface area contributed by atoms with Crippen LogP contribution in [0.5, 0.6) is 0 Å². The van der Waals surface area contributed by atoms with E-state index in [4.69, 9.17) is 16.3 Å². The molecular formula is C22H26ClN5O2. The van der Waals surface area contributed by atoms with Gasteiger partial charge in [0.2, 0.25) is 5.95 Å². The quantitative estimate of drug-likeness (QED) is 0.536. The van der Waals surface area contributed by atoms with Crippen LogP contribution in [0.3, 0.4) is 0 Å². The monoisotopic (exact) mass is 427 g/mol. The number of H-pyrrole nitrogens is 1. The molecule has 7 nitrogen and oxygen atoms in total. The number of carbonyl (C=O) groups is 1. The fraction of sp³-hybridized carbons (Fsp3) is 0.409. The van der Waals surface area contributed by atoms with Crippen molar-refractivity contribution < 1.29 is 9.53 Å². The van der Waals surface area contributed by atoms with Crippen molar-refractivity contribution in [2.45, 2.75) is 57.7 Å². The van der Waals surface area contributed by atoms with Gasteiger partial charge < -0.3 is 20.4 Å². The number of alkyl carbamates (subject to hydrolysis) is 1. The predicted octanol–water partition coefficient (Wildman–Crippen LogP) is 5.14. The largest absolute Gasteiger partial charge is 0.444 e. The molecule has 4 rings (SSSR count). The molecule has 2 atom stereocenters. The summed E-state index contributed by atoms with van der Waals surface area (Å²) in [5.41, 5.74) is 2.16. The van der Waals surface area contributed by atoms with Gasteiger partial charge in [0.05, 0.1) is 16.9 Å². The molecule has 1 fully saturated rings. The van der Waals surface area contributed by atoms with E-state index in [0.717, 1.165) is 35.7 Å². The summed E-state index contributed by atoms with van der Waals surface area (Å²) >= 11 is 6.41. The Balaban J connectivity index is 1.44. The fourth-order valence-corrected chi connectivity index (χ4v) is 3.99. The van der Waals surface area contributed by atoms with Crippen molar-refractivity contribution in [3.63, 3.8) is 0 Å². The summed E-state index contributed by atoms with van der Waals surface area (Å²) in [6.07, 6.45) is 5.73. The maximum atomic E-state index is 12.0. The Morgan fingerprint density at radius 3 is 2.80 bits per heavy atom. The molecule has 0 unspecified atom stereocenters. The van der Waals surface area contributed by atoms with Crippen LogP contribution in [0.1, 0.15) is 40.0 Å². The van der Waals surface area contributed by atoms with E-state index >= 15 is 0 Å². The van der Waals surface area contributed by atoms with E-state index in [9.17, 15) is 4.79 Å². The first kappa shape index (κ1) is 20.5. The highest BCUT2D eigenvalue weighted by Crippen LogP contribution is 2.32. The van der Waals surface area contributed by atoms with E-state index in [2.05, 4.69) is 25.6 Å². The summed E-state index contributed by atoms with van der Waals surface area (Å²) in [5.74, 6) is 0.530. The molecule has 3 aromatic rings. The Bertz CT molecular complexity index is 1060. The van der Waals surface area contributed by atoms with E-state index in [-0.39, 0.29) is 18.2 Å². The number of carbonyl (C=O) groups excluding carboxylic acids is 1. The lowest BCUT2D eigenvalue weighted by Gasteiger charge is -2.21. The van der Waals surface area contributed by atoms with Crippen LogP contribution < -0.4 is 10.6 Å². The summed E-state index contributed by atoms with van der Waals surface area (Å²) < 4.78 is 5.35. The number of aromatic nitrogens is 3. The average molecular weight is 428 g/mol. The van der Waals surface area contributed by atoms with Crippen LogP contribution in [-0.4, -0.2) is 38.7 Å². The van der Waals surface area contributed by atoms with Crippen molar-refractivity contribution in [1.82, 2.24) is 20.3 Å². The van der Waals surface area contributed by atoms with Crippen LogP contribution in [0.4, 0.5) is 10.7 Å². The smallest absolute Gasteiger partial charge is 0.407 e. The number of hydrogen-bond donors (Lipinski definition) is 3. The third kappa shape index (κ3) is 4.67. The van der Waals surface area contributed by atoms with E-state index in [1.165, 1.54) is 0 Å². The van der Waals surface area contributed by atoms with Gasteiger partial charge in [0, 0.05) is 34.7 Å². The molecule has 1 amide bonds. The van der Waals surface area contributed by atoms with E-state index in [0.29, 0.717) is 16.7 Å². The lowest BCUT2D eigenvalue weighted by Crippen LogP contribution is -2.38. The molecule has 0 bridgehead atoms. The predicted molar refractivity (Wildman–Crippen MR) is 119 cm³/mol. The van der Waals surface area contributed by atoms with Crippen molar-refractivity contribution >= 4 is 34.5 Å². The molecule has 0 spiro atoms. The lowest BCUT2D eigenvalue weighted by molar-refractivity contribution is 0.0505. The number of amides is 1. The molecule has 30 heavy (non-hydrogen) atoms. The molecule has 0 radical (unpaired) electrons. The molecule has 2 heterocycles. The lowest BCUT2D eigenvalue weighted by atomic mass is 10.1. The number of para-hydroxylation sites is 1. The number of fused-ring (bicyclic) bond motifs is 1. The van der Waals surface area contributed by atoms with Crippen molar-refractivity contribution in [2.75, 3.05) is 5.32 Å². The number of anilines is 1. The molecule has 1 saturated carbocycles. The molecule has 2 aromatic heterocycles. The number of aromatic amines is 1. The summed E-state index contributed by atoms with van der Waals surface area (Å²) in [5, 5.41) is 7.90. The Morgan fingerprint density at radius 1 is 1.23 bits per heavy atom. The Kier molecular flexibility index (Phi) is 5.56. The van der Waals surface area contributed by atoms with Gasteiger partial charge in [0.25, 0.3) is 0 Å².